The lowest BCUT2D eigenvalue weighted by molar-refractivity contribution is 0.0585. The van der Waals surface area contributed by atoms with E-state index in [1.54, 1.807) is 0 Å². The van der Waals surface area contributed by atoms with Crippen molar-refractivity contribution >= 4 is 6.09 Å². The predicted octanol–water partition coefficient (Wildman–Crippen LogP) is 5.30. The molecular formula is C22H25NO2. The molecule has 130 valence electrons. The van der Waals surface area contributed by atoms with Gasteiger partial charge in [0, 0.05) is 12.5 Å². The normalized spacial score (nSPS) is 19.4. The number of rotatable bonds is 4. The topological polar surface area (TPSA) is 29.5 Å². The summed E-state index contributed by atoms with van der Waals surface area (Å²) in [6.45, 7) is 8.26. The van der Waals surface area contributed by atoms with Crippen LogP contribution in [-0.2, 0) is 4.74 Å². The van der Waals surface area contributed by atoms with Gasteiger partial charge in [0.1, 0.15) is 0 Å². The van der Waals surface area contributed by atoms with E-state index in [0.717, 1.165) is 0 Å². The number of benzene rings is 2. The molecule has 1 amide bonds. The van der Waals surface area contributed by atoms with Crippen molar-refractivity contribution in [1.82, 2.24) is 4.90 Å². The van der Waals surface area contributed by atoms with Gasteiger partial charge in [-0.3, -0.25) is 4.90 Å². The van der Waals surface area contributed by atoms with E-state index in [-0.39, 0.29) is 24.2 Å². The molecule has 25 heavy (non-hydrogen) atoms. The molecule has 1 aliphatic rings. The summed E-state index contributed by atoms with van der Waals surface area (Å²) >= 11 is 0. The molecule has 2 atom stereocenters. The second-order valence-corrected chi connectivity index (χ2v) is 6.72. The first-order chi connectivity index (χ1) is 12.1. The highest BCUT2D eigenvalue weighted by molar-refractivity contribution is 5.70. The first-order valence-electron chi connectivity index (χ1n) is 8.83. The van der Waals surface area contributed by atoms with E-state index in [4.69, 9.17) is 4.74 Å². The lowest BCUT2D eigenvalue weighted by Gasteiger charge is -2.40. The summed E-state index contributed by atoms with van der Waals surface area (Å²) in [4.78, 5) is 14.6. The molecule has 1 heterocycles. The van der Waals surface area contributed by atoms with Crippen molar-refractivity contribution in [1.29, 1.82) is 0 Å². The van der Waals surface area contributed by atoms with Gasteiger partial charge in [0.2, 0.25) is 0 Å². The molecule has 3 heteroatoms. The fourth-order valence-electron chi connectivity index (χ4n) is 3.58. The maximum Gasteiger partial charge on any atom is 0.410 e. The maximum absolute atomic E-state index is 12.7. The third kappa shape index (κ3) is 3.60. The first kappa shape index (κ1) is 17.3. The monoisotopic (exact) mass is 335 g/mol. The number of hydrogen-bond donors (Lipinski definition) is 0. The Bertz CT molecular complexity index is 739. The Balaban J connectivity index is 2.05. The molecule has 0 N–H and O–H groups in total. The van der Waals surface area contributed by atoms with Crippen LogP contribution in [0.4, 0.5) is 4.79 Å². The van der Waals surface area contributed by atoms with Crippen LogP contribution in [0.15, 0.2) is 67.3 Å². The Morgan fingerprint density at radius 2 is 1.80 bits per heavy atom. The van der Waals surface area contributed by atoms with Gasteiger partial charge in [-0.05, 0) is 37.0 Å². The smallest absolute Gasteiger partial charge is 0.410 e. The van der Waals surface area contributed by atoms with Crippen LogP contribution in [0.25, 0.3) is 0 Å². The molecule has 0 aromatic heterocycles. The molecule has 0 saturated carbocycles. The number of hydrogen-bond acceptors (Lipinski definition) is 2. The number of nitrogens with zero attached hydrogens (tertiary/aromatic N) is 1. The summed E-state index contributed by atoms with van der Waals surface area (Å²) in [6.07, 6.45) is 2.20. The molecule has 0 unspecified atom stereocenters. The zero-order valence-corrected chi connectivity index (χ0v) is 14.9. The highest BCUT2D eigenvalue weighted by Gasteiger charge is 2.36. The van der Waals surface area contributed by atoms with E-state index >= 15 is 0 Å². The Morgan fingerprint density at radius 1 is 1.16 bits per heavy atom. The predicted molar refractivity (Wildman–Crippen MR) is 101 cm³/mol. The van der Waals surface area contributed by atoms with Crippen molar-refractivity contribution in [3.05, 3.63) is 83.9 Å². The maximum atomic E-state index is 12.7. The van der Waals surface area contributed by atoms with Crippen molar-refractivity contribution < 1.29 is 9.53 Å². The van der Waals surface area contributed by atoms with Crippen LogP contribution in [0.2, 0.25) is 0 Å². The Morgan fingerprint density at radius 3 is 2.44 bits per heavy atom. The second kappa shape index (κ2) is 7.56. The number of ether oxygens (including phenoxy) is 1. The minimum atomic E-state index is -0.253. The number of carbonyl (C=O) groups is 1. The molecule has 2 aromatic carbocycles. The van der Waals surface area contributed by atoms with Crippen molar-refractivity contribution in [2.24, 2.45) is 0 Å². The Kier molecular flexibility index (Phi) is 5.22. The molecule has 3 rings (SSSR count). The molecule has 1 aliphatic heterocycles. The SMILES string of the molecule is C=CC[C@H]1c2ccccc2[C@H](c2ccccc2)CN1C(=O)OC(C)C. The standard InChI is InChI=1S/C22H25NO2/c1-4-10-21-19-14-9-8-13-18(19)20(17-11-6-5-7-12-17)15-23(21)22(24)25-16(2)3/h4-9,11-14,16,20-21H,1,10,15H2,2-3H3/t20-,21-/m0/s1. The fourth-order valence-corrected chi connectivity index (χ4v) is 3.58. The molecule has 0 bridgehead atoms. The van der Waals surface area contributed by atoms with Gasteiger partial charge in [0.25, 0.3) is 0 Å². The van der Waals surface area contributed by atoms with E-state index in [1.807, 2.05) is 49.1 Å². The lowest BCUT2D eigenvalue weighted by Crippen LogP contribution is -2.43. The van der Waals surface area contributed by atoms with E-state index in [1.165, 1.54) is 16.7 Å². The van der Waals surface area contributed by atoms with Crippen molar-refractivity contribution in [3.63, 3.8) is 0 Å². The van der Waals surface area contributed by atoms with Crippen molar-refractivity contribution in [2.75, 3.05) is 6.54 Å². The van der Waals surface area contributed by atoms with E-state index in [9.17, 15) is 4.79 Å². The highest BCUT2D eigenvalue weighted by Crippen LogP contribution is 2.41. The molecular weight excluding hydrogens is 310 g/mol. The van der Waals surface area contributed by atoms with Crippen molar-refractivity contribution in [2.45, 2.75) is 38.3 Å². The lowest BCUT2D eigenvalue weighted by atomic mass is 9.80. The number of fused-ring (bicyclic) bond motifs is 1. The summed E-state index contributed by atoms with van der Waals surface area (Å²) < 4.78 is 5.52. The zero-order chi connectivity index (χ0) is 17.8. The van der Waals surface area contributed by atoms with Gasteiger partial charge in [0.15, 0.2) is 0 Å². The van der Waals surface area contributed by atoms with E-state index in [0.29, 0.717) is 13.0 Å². The quantitative estimate of drug-likeness (QED) is 0.710. The molecule has 0 fully saturated rings. The largest absolute Gasteiger partial charge is 0.447 e. The first-order valence-corrected chi connectivity index (χ1v) is 8.83. The van der Waals surface area contributed by atoms with Crippen LogP contribution in [-0.4, -0.2) is 23.6 Å². The molecule has 0 saturated heterocycles. The van der Waals surface area contributed by atoms with Crippen LogP contribution in [0.1, 0.15) is 48.9 Å². The van der Waals surface area contributed by atoms with E-state index in [2.05, 4.69) is 36.9 Å². The minimum Gasteiger partial charge on any atom is -0.447 e. The summed E-state index contributed by atoms with van der Waals surface area (Å²) in [5.41, 5.74) is 3.69. The second-order valence-electron chi connectivity index (χ2n) is 6.72. The van der Waals surface area contributed by atoms with Crippen LogP contribution >= 0.6 is 0 Å². The highest BCUT2D eigenvalue weighted by atomic mass is 16.6. The molecule has 0 spiro atoms. The molecule has 2 aromatic rings. The van der Waals surface area contributed by atoms with Gasteiger partial charge >= 0.3 is 6.09 Å². The fraction of sp³-hybridized carbons (Fsp3) is 0.318. The number of carbonyl (C=O) groups excluding carboxylic acids is 1. The Labute approximate surface area is 149 Å². The van der Waals surface area contributed by atoms with E-state index < -0.39 is 0 Å². The van der Waals surface area contributed by atoms with Crippen LogP contribution in [0, 0.1) is 0 Å². The third-order valence-corrected chi connectivity index (χ3v) is 4.65. The van der Waals surface area contributed by atoms with Gasteiger partial charge in [-0.25, -0.2) is 4.79 Å². The van der Waals surface area contributed by atoms with Crippen LogP contribution < -0.4 is 0 Å². The van der Waals surface area contributed by atoms with Gasteiger partial charge in [-0.1, -0.05) is 60.7 Å². The minimum absolute atomic E-state index is 0.0279. The molecule has 3 nitrogen and oxygen atoms in total. The van der Waals surface area contributed by atoms with Gasteiger partial charge in [-0.2, -0.15) is 0 Å². The van der Waals surface area contributed by atoms with Gasteiger partial charge < -0.3 is 4.74 Å². The van der Waals surface area contributed by atoms with Crippen molar-refractivity contribution in [3.8, 4) is 0 Å². The summed E-state index contributed by atoms with van der Waals surface area (Å²) in [6, 6.07) is 18.7. The zero-order valence-electron chi connectivity index (χ0n) is 14.9. The van der Waals surface area contributed by atoms with Gasteiger partial charge in [-0.15, -0.1) is 6.58 Å². The average Bonchev–Trinajstić information content (AvgIpc) is 2.62. The van der Waals surface area contributed by atoms with Gasteiger partial charge in [0.05, 0.1) is 12.1 Å². The average molecular weight is 335 g/mol. The third-order valence-electron chi connectivity index (χ3n) is 4.65. The van der Waals surface area contributed by atoms with Crippen LogP contribution in [0.3, 0.4) is 0 Å². The summed E-state index contributed by atoms with van der Waals surface area (Å²) in [7, 11) is 0. The summed E-state index contributed by atoms with van der Waals surface area (Å²) in [5, 5.41) is 0. The molecule has 0 radical (unpaired) electrons. The Hall–Kier alpha value is -2.55. The van der Waals surface area contributed by atoms with Crippen LogP contribution in [0.5, 0.6) is 0 Å². The number of amides is 1. The molecule has 0 aliphatic carbocycles. The summed E-state index contributed by atoms with van der Waals surface area (Å²) in [5.74, 6) is 0.151.